The van der Waals surface area contributed by atoms with Crippen molar-refractivity contribution in [3.8, 4) is 17.0 Å². The van der Waals surface area contributed by atoms with Crippen LogP contribution in [0.3, 0.4) is 0 Å². The van der Waals surface area contributed by atoms with Gasteiger partial charge in [0.05, 0.1) is 18.7 Å². The van der Waals surface area contributed by atoms with Crippen molar-refractivity contribution < 1.29 is 14.3 Å². The summed E-state index contributed by atoms with van der Waals surface area (Å²) in [5.41, 5.74) is 1.48. The fourth-order valence-corrected chi connectivity index (χ4v) is 2.61. The summed E-state index contributed by atoms with van der Waals surface area (Å²) in [4.78, 5) is 31.8. The van der Waals surface area contributed by atoms with Crippen molar-refractivity contribution in [3.63, 3.8) is 0 Å². The van der Waals surface area contributed by atoms with Crippen LogP contribution in [-0.4, -0.2) is 35.4 Å². The topological polar surface area (TPSA) is 93.2 Å². The van der Waals surface area contributed by atoms with Crippen molar-refractivity contribution >= 4 is 17.6 Å². The second-order valence-electron chi connectivity index (χ2n) is 5.52. The molecule has 2 aromatic rings. The monoisotopic (exact) mass is 326 g/mol. The van der Waals surface area contributed by atoms with Crippen LogP contribution in [0.25, 0.3) is 11.3 Å². The van der Waals surface area contributed by atoms with Crippen molar-refractivity contribution in [1.29, 1.82) is 0 Å². The van der Waals surface area contributed by atoms with Crippen LogP contribution in [0.2, 0.25) is 0 Å². The maximum absolute atomic E-state index is 12.3. The molecule has 0 radical (unpaired) electrons. The second-order valence-corrected chi connectivity index (χ2v) is 5.52. The van der Waals surface area contributed by atoms with E-state index in [4.69, 9.17) is 4.74 Å². The third-order valence-electron chi connectivity index (χ3n) is 3.94. The van der Waals surface area contributed by atoms with Gasteiger partial charge in [-0.25, -0.2) is 9.97 Å². The first-order chi connectivity index (χ1) is 11.7. The van der Waals surface area contributed by atoms with Crippen molar-refractivity contribution in [1.82, 2.24) is 15.3 Å². The predicted molar refractivity (Wildman–Crippen MR) is 88.4 cm³/mol. The van der Waals surface area contributed by atoms with Crippen molar-refractivity contribution in [2.45, 2.75) is 12.8 Å². The zero-order chi connectivity index (χ0) is 16.9. The number of carbonyl (C=O) groups is 2. The summed E-state index contributed by atoms with van der Waals surface area (Å²) in [6.07, 6.45) is 2.32. The van der Waals surface area contributed by atoms with Crippen LogP contribution in [0.5, 0.6) is 5.75 Å². The molecule has 1 atom stereocenters. The number of amides is 2. The summed E-state index contributed by atoms with van der Waals surface area (Å²) in [7, 11) is 1.60. The molecule has 0 spiro atoms. The van der Waals surface area contributed by atoms with E-state index in [-0.39, 0.29) is 17.7 Å². The molecule has 1 aromatic carbocycles. The molecule has 1 unspecified atom stereocenters. The lowest BCUT2D eigenvalue weighted by Gasteiger charge is -2.21. The largest absolute Gasteiger partial charge is 0.496 e. The van der Waals surface area contributed by atoms with E-state index in [9.17, 15) is 9.59 Å². The number of methoxy groups -OCH3 is 1. The quantitative estimate of drug-likeness (QED) is 0.890. The Morgan fingerprint density at radius 1 is 1.33 bits per heavy atom. The van der Waals surface area contributed by atoms with E-state index in [2.05, 4.69) is 20.6 Å². The first kappa shape index (κ1) is 15.9. The van der Waals surface area contributed by atoms with Crippen molar-refractivity contribution in [3.05, 3.63) is 36.7 Å². The number of nitrogens with one attached hydrogen (secondary N) is 2. The Morgan fingerprint density at radius 2 is 2.17 bits per heavy atom. The average Bonchev–Trinajstić information content (AvgIpc) is 2.62. The Hall–Kier alpha value is -2.96. The standard InChI is InChI=1S/C17H18N4O3/c1-24-14-5-3-2-4-12(14)13-8-15(20-10-19-13)21-17(23)11-6-7-16(22)18-9-11/h2-5,8,10-11H,6-7,9H2,1H3,(H,18,22)(H,19,20,21,23). The first-order valence-corrected chi connectivity index (χ1v) is 7.70. The van der Waals surface area contributed by atoms with Gasteiger partial charge < -0.3 is 15.4 Å². The molecule has 7 heteroatoms. The number of hydrogen-bond donors (Lipinski definition) is 2. The molecule has 7 nitrogen and oxygen atoms in total. The molecular weight excluding hydrogens is 308 g/mol. The Kier molecular flexibility index (Phi) is 4.69. The number of hydrogen-bond acceptors (Lipinski definition) is 5. The number of anilines is 1. The molecule has 1 aromatic heterocycles. The molecule has 1 fully saturated rings. The van der Waals surface area contributed by atoms with Gasteiger partial charge >= 0.3 is 0 Å². The Bertz CT molecular complexity index is 753. The lowest BCUT2D eigenvalue weighted by molar-refractivity contribution is -0.126. The highest BCUT2D eigenvalue weighted by atomic mass is 16.5. The van der Waals surface area contributed by atoms with Gasteiger partial charge in [-0.3, -0.25) is 9.59 Å². The van der Waals surface area contributed by atoms with Gasteiger partial charge in [0.25, 0.3) is 0 Å². The molecule has 2 amide bonds. The summed E-state index contributed by atoms with van der Waals surface area (Å²) in [6.45, 7) is 0.356. The first-order valence-electron chi connectivity index (χ1n) is 7.70. The zero-order valence-corrected chi connectivity index (χ0v) is 13.3. The van der Waals surface area contributed by atoms with Crippen LogP contribution in [0.1, 0.15) is 12.8 Å². The van der Waals surface area contributed by atoms with Gasteiger partial charge in [-0.1, -0.05) is 12.1 Å². The smallest absolute Gasteiger partial charge is 0.230 e. The minimum atomic E-state index is -0.243. The number of ether oxygens (including phenoxy) is 1. The van der Waals surface area contributed by atoms with Gasteiger partial charge in [0.15, 0.2) is 0 Å². The molecular formula is C17H18N4O3. The van der Waals surface area contributed by atoms with E-state index in [1.54, 1.807) is 13.2 Å². The molecule has 0 saturated carbocycles. The van der Waals surface area contributed by atoms with E-state index >= 15 is 0 Å². The van der Waals surface area contributed by atoms with Crippen LogP contribution >= 0.6 is 0 Å². The van der Waals surface area contributed by atoms with Crippen LogP contribution < -0.4 is 15.4 Å². The summed E-state index contributed by atoms with van der Waals surface area (Å²) in [6, 6.07) is 9.22. The molecule has 2 N–H and O–H groups in total. The van der Waals surface area contributed by atoms with Gasteiger partial charge in [0.1, 0.15) is 17.9 Å². The number of nitrogens with zero attached hydrogens (tertiary/aromatic N) is 2. The average molecular weight is 326 g/mol. The molecule has 24 heavy (non-hydrogen) atoms. The summed E-state index contributed by atoms with van der Waals surface area (Å²) >= 11 is 0. The number of rotatable bonds is 4. The molecule has 1 aliphatic heterocycles. The van der Waals surface area contributed by atoms with E-state index < -0.39 is 0 Å². The lowest BCUT2D eigenvalue weighted by atomic mass is 9.98. The number of aromatic nitrogens is 2. The molecule has 1 aliphatic rings. The van der Waals surface area contributed by atoms with E-state index in [0.29, 0.717) is 36.6 Å². The van der Waals surface area contributed by atoms with Crippen LogP contribution in [0.4, 0.5) is 5.82 Å². The zero-order valence-electron chi connectivity index (χ0n) is 13.3. The third kappa shape index (κ3) is 3.51. The van der Waals surface area contributed by atoms with E-state index in [0.717, 1.165) is 5.56 Å². The number of para-hydroxylation sites is 1. The molecule has 2 heterocycles. The van der Waals surface area contributed by atoms with E-state index in [1.165, 1.54) is 6.33 Å². The minimum absolute atomic E-state index is 0.0143. The number of carbonyl (C=O) groups excluding carboxylic acids is 2. The molecule has 1 saturated heterocycles. The van der Waals surface area contributed by atoms with Gasteiger partial charge in [-0.15, -0.1) is 0 Å². The molecule has 3 rings (SSSR count). The third-order valence-corrected chi connectivity index (χ3v) is 3.94. The summed E-state index contributed by atoms with van der Waals surface area (Å²) < 4.78 is 5.34. The maximum Gasteiger partial charge on any atom is 0.230 e. The Labute approximate surface area is 139 Å². The summed E-state index contributed by atoms with van der Waals surface area (Å²) in [5, 5.41) is 5.49. The number of piperidine rings is 1. The lowest BCUT2D eigenvalue weighted by Crippen LogP contribution is -2.40. The minimum Gasteiger partial charge on any atom is -0.496 e. The summed E-state index contributed by atoms with van der Waals surface area (Å²) in [5.74, 6) is 0.711. The van der Waals surface area contributed by atoms with Gasteiger partial charge in [0.2, 0.25) is 11.8 Å². The highest BCUT2D eigenvalue weighted by Gasteiger charge is 2.24. The second kappa shape index (κ2) is 7.08. The van der Waals surface area contributed by atoms with Crippen LogP contribution in [-0.2, 0) is 9.59 Å². The Balaban J connectivity index is 1.76. The van der Waals surface area contributed by atoms with Gasteiger partial charge in [-0.2, -0.15) is 0 Å². The predicted octanol–water partition coefficient (Wildman–Crippen LogP) is 1.62. The molecule has 0 bridgehead atoms. The maximum atomic E-state index is 12.3. The highest BCUT2D eigenvalue weighted by molar-refractivity contribution is 5.93. The fourth-order valence-electron chi connectivity index (χ4n) is 2.61. The van der Waals surface area contributed by atoms with Crippen molar-refractivity contribution in [2.75, 3.05) is 19.0 Å². The van der Waals surface area contributed by atoms with Crippen LogP contribution in [0, 0.1) is 5.92 Å². The highest BCUT2D eigenvalue weighted by Crippen LogP contribution is 2.28. The number of benzene rings is 1. The van der Waals surface area contributed by atoms with Gasteiger partial charge in [0, 0.05) is 24.6 Å². The van der Waals surface area contributed by atoms with E-state index in [1.807, 2.05) is 24.3 Å². The van der Waals surface area contributed by atoms with Gasteiger partial charge in [-0.05, 0) is 18.6 Å². The molecule has 0 aliphatic carbocycles. The Morgan fingerprint density at radius 3 is 2.92 bits per heavy atom. The van der Waals surface area contributed by atoms with Crippen LogP contribution in [0.15, 0.2) is 36.7 Å². The normalized spacial score (nSPS) is 17.0. The fraction of sp³-hybridized carbons (Fsp3) is 0.294. The molecule has 124 valence electrons. The van der Waals surface area contributed by atoms with Crippen molar-refractivity contribution in [2.24, 2.45) is 5.92 Å². The SMILES string of the molecule is COc1ccccc1-c1cc(NC(=O)C2CCC(=O)NC2)ncn1.